The van der Waals surface area contributed by atoms with Gasteiger partial charge in [-0.3, -0.25) is 4.99 Å². The number of aliphatic imine (C=N–C) groups is 1. The Labute approximate surface area is 121 Å². The van der Waals surface area contributed by atoms with Crippen molar-refractivity contribution in [2.24, 2.45) is 4.99 Å². The van der Waals surface area contributed by atoms with Crippen molar-refractivity contribution in [3.05, 3.63) is 33.8 Å². The van der Waals surface area contributed by atoms with E-state index in [1.807, 2.05) is 18.2 Å². The van der Waals surface area contributed by atoms with Gasteiger partial charge >= 0.3 is 0 Å². The van der Waals surface area contributed by atoms with Crippen molar-refractivity contribution in [1.82, 2.24) is 4.90 Å². The second-order valence-electron chi connectivity index (χ2n) is 4.28. The molecule has 0 spiro atoms. The third-order valence-electron chi connectivity index (χ3n) is 3.31. The van der Waals surface area contributed by atoms with Crippen LogP contribution in [0.25, 0.3) is 0 Å². The first-order valence-electron chi connectivity index (χ1n) is 5.48. The van der Waals surface area contributed by atoms with E-state index < -0.39 is 0 Å². The van der Waals surface area contributed by atoms with Gasteiger partial charge in [0.25, 0.3) is 0 Å². The second-order valence-corrected chi connectivity index (χ2v) is 5.09. The molecule has 92 valence electrons. The van der Waals surface area contributed by atoms with E-state index >= 15 is 0 Å². The summed E-state index contributed by atoms with van der Waals surface area (Å²) < 4.78 is 0. The molecule has 0 aliphatic carbocycles. The SMILES string of the molecule is Br.Clc1cccc(Cl)c1C1CC2=NCCN2C1. The molecule has 0 N–H and O–H groups in total. The highest BCUT2D eigenvalue weighted by atomic mass is 79.9. The Morgan fingerprint density at radius 2 is 1.94 bits per heavy atom. The maximum atomic E-state index is 6.22. The molecule has 17 heavy (non-hydrogen) atoms. The van der Waals surface area contributed by atoms with Crippen LogP contribution in [0.2, 0.25) is 10.0 Å². The van der Waals surface area contributed by atoms with E-state index in [1.165, 1.54) is 5.84 Å². The first-order chi connectivity index (χ1) is 7.75. The van der Waals surface area contributed by atoms with E-state index in [-0.39, 0.29) is 17.0 Å². The quantitative estimate of drug-likeness (QED) is 0.762. The molecule has 1 aromatic rings. The highest BCUT2D eigenvalue weighted by Gasteiger charge is 2.33. The molecule has 0 amide bonds. The lowest BCUT2D eigenvalue weighted by Crippen LogP contribution is -2.21. The molecule has 1 saturated heterocycles. The van der Waals surface area contributed by atoms with Gasteiger partial charge in [0.1, 0.15) is 0 Å². The number of hydrogen-bond acceptors (Lipinski definition) is 2. The van der Waals surface area contributed by atoms with Gasteiger partial charge in [0, 0.05) is 35.5 Å². The summed E-state index contributed by atoms with van der Waals surface area (Å²) in [7, 11) is 0. The van der Waals surface area contributed by atoms with Crippen molar-refractivity contribution < 1.29 is 0 Å². The summed E-state index contributed by atoms with van der Waals surface area (Å²) in [6, 6.07) is 5.71. The van der Waals surface area contributed by atoms with Crippen molar-refractivity contribution in [3.8, 4) is 0 Å². The van der Waals surface area contributed by atoms with Gasteiger partial charge in [-0.2, -0.15) is 0 Å². The topological polar surface area (TPSA) is 15.6 Å². The molecule has 2 heterocycles. The van der Waals surface area contributed by atoms with E-state index in [4.69, 9.17) is 23.2 Å². The monoisotopic (exact) mass is 334 g/mol. The molecular weight excluding hydrogens is 323 g/mol. The Bertz CT molecular complexity index is 442. The predicted octanol–water partition coefficient (Wildman–Crippen LogP) is 3.77. The number of rotatable bonds is 1. The minimum absolute atomic E-state index is 0. The predicted molar refractivity (Wildman–Crippen MR) is 78.0 cm³/mol. The van der Waals surface area contributed by atoms with Crippen LogP contribution in [-0.2, 0) is 0 Å². The van der Waals surface area contributed by atoms with Crippen LogP contribution in [0.15, 0.2) is 23.2 Å². The smallest absolute Gasteiger partial charge is 0.0997 e. The molecule has 1 atom stereocenters. The summed E-state index contributed by atoms with van der Waals surface area (Å²) in [5.41, 5.74) is 1.09. The summed E-state index contributed by atoms with van der Waals surface area (Å²) in [6.07, 6.45) is 0.976. The van der Waals surface area contributed by atoms with E-state index in [2.05, 4.69) is 9.89 Å². The summed E-state index contributed by atoms with van der Waals surface area (Å²) in [5.74, 6) is 1.63. The normalized spacial score (nSPS) is 22.1. The number of benzene rings is 1. The lowest BCUT2D eigenvalue weighted by molar-refractivity contribution is 0.469. The lowest BCUT2D eigenvalue weighted by Gasteiger charge is -2.15. The summed E-state index contributed by atoms with van der Waals surface area (Å²) >= 11 is 12.4. The number of nitrogens with zero attached hydrogens (tertiary/aromatic N) is 2. The van der Waals surface area contributed by atoms with Crippen molar-refractivity contribution >= 4 is 46.0 Å². The molecule has 3 rings (SSSR count). The zero-order valence-corrected chi connectivity index (χ0v) is 12.4. The van der Waals surface area contributed by atoms with E-state index in [1.54, 1.807) is 0 Å². The number of hydrogen-bond donors (Lipinski definition) is 0. The van der Waals surface area contributed by atoms with Gasteiger partial charge < -0.3 is 4.90 Å². The van der Waals surface area contributed by atoms with E-state index in [0.29, 0.717) is 5.92 Å². The maximum Gasteiger partial charge on any atom is 0.0997 e. The van der Waals surface area contributed by atoms with Gasteiger partial charge in [0.15, 0.2) is 0 Å². The fourth-order valence-corrected chi connectivity index (χ4v) is 3.27. The minimum Gasteiger partial charge on any atom is -0.358 e. The van der Waals surface area contributed by atoms with Gasteiger partial charge in [-0.15, -0.1) is 17.0 Å². The van der Waals surface area contributed by atoms with Crippen molar-refractivity contribution in [2.45, 2.75) is 12.3 Å². The average molecular weight is 336 g/mol. The van der Waals surface area contributed by atoms with Crippen LogP contribution in [0, 0.1) is 0 Å². The summed E-state index contributed by atoms with van der Waals surface area (Å²) in [6.45, 7) is 2.99. The second kappa shape index (κ2) is 5.17. The van der Waals surface area contributed by atoms with Crippen molar-refractivity contribution in [1.29, 1.82) is 0 Å². The van der Waals surface area contributed by atoms with Crippen molar-refractivity contribution in [2.75, 3.05) is 19.6 Å². The van der Waals surface area contributed by atoms with Crippen LogP contribution in [-0.4, -0.2) is 30.4 Å². The highest BCUT2D eigenvalue weighted by molar-refractivity contribution is 8.93. The largest absolute Gasteiger partial charge is 0.358 e. The Hall–Kier alpha value is -0.250. The zero-order chi connectivity index (χ0) is 11.1. The van der Waals surface area contributed by atoms with Crippen LogP contribution in [0.3, 0.4) is 0 Å². The number of fused-ring (bicyclic) bond motifs is 1. The van der Waals surface area contributed by atoms with Gasteiger partial charge in [-0.1, -0.05) is 29.3 Å². The van der Waals surface area contributed by atoms with E-state index in [9.17, 15) is 0 Å². The summed E-state index contributed by atoms with van der Waals surface area (Å²) in [5, 5.41) is 1.55. The van der Waals surface area contributed by atoms with Crippen molar-refractivity contribution in [3.63, 3.8) is 0 Å². The first-order valence-corrected chi connectivity index (χ1v) is 6.23. The summed E-state index contributed by atoms with van der Waals surface area (Å²) in [4.78, 5) is 6.83. The third-order valence-corrected chi connectivity index (χ3v) is 3.97. The molecular formula is C12H13BrCl2N2. The van der Waals surface area contributed by atoms with Gasteiger partial charge in [0.2, 0.25) is 0 Å². The number of halogens is 3. The fraction of sp³-hybridized carbons (Fsp3) is 0.417. The molecule has 0 radical (unpaired) electrons. The molecule has 2 aliphatic rings. The maximum absolute atomic E-state index is 6.22. The molecule has 2 aliphatic heterocycles. The Balaban J connectivity index is 0.00000108. The van der Waals surface area contributed by atoms with Crippen LogP contribution in [0.1, 0.15) is 17.9 Å². The number of amidine groups is 1. The van der Waals surface area contributed by atoms with E-state index in [0.717, 1.165) is 41.7 Å². The van der Waals surface area contributed by atoms with Crippen LogP contribution in [0.5, 0.6) is 0 Å². The minimum atomic E-state index is 0. The van der Waals surface area contributed by atoms with Crippen LogP contribution >= 0.6 is 40.2 Å². The Kier molecular flexibility index (Phi) is 4.01. The highest BCUT2D eigenvalue weighted by Crippen LogP contribution is 2.38. The Morgan fingerprint density at radius 1 is 1.24 bits per heavy atom. The average Bonchev–Trinajstić information content (AvgIpc) is 2.77. The first kappa shape index (κ1) is 13.2. The molecule has 1 fully saturated rings. The molecule has 0 saturated carbocycles. The zero-order valence-electron chi connectivity index (χ0n) is 9.20. The van der Waals surface area contributed by atoms with Gasteiger partial charge in [-0.25, -0.2) is 0 Å². The van der Waals surface area contributed by atoms with Gasteiger partial charge in [-0.05, 0) is 17.7 Å². The van der Waals surface area contributed by atoms with Crippen LogP contribution < -0.4 is 0 Å². The molecule has 0 bridgehead atoms. The molecule has 5 heteroatoms. The fourth-order valence-electron chi connectivity index (χ4n) is 2.56. The van der Waals surface area contributed by atoms with Gasteiger partial charge in [0.05, 0.1) is 12.4 Å². The standard InChI is InChI=1S/C12H12Cl2N2.BrH/c13-9-2-1-3-10(14)12(9)8-6-11-15-4-5-16(11)7-8;/h1-3,8H,4-7H2;1H. The van der Waals surface area contributed by atoms with Crippen LogP contribution in [0.4, 0.5) is 0 Å². The molecule has 0 aromatic heterocycles. The Morgan fingerprint density at radius 3 is 2.59 bits per heavy atom. The lowest BCUT2D eigenvalue weighted by atomic mass is 9.98. The molecule has 1 aromatic carbocycles. The molecule has 2 nitrogen and oxygen atoms in total. The third kappa shape index (κ3) is 2.33. The molecule has 1 unspecified atom stereocenters.